The van der Waals surface area contributed by atoms with Gasteiger partial charge in [-0.05, 0) is 0 Å². The molecule has 0 radical (unpaired) electrons. The monoisotopic (exact) mass is 356 g/mol. The molecule has 1 N–H and O–H groups in total. The molecule has 3 fully saturated rings. The molecule has 10 heteroatoms. The molecule has 0 bridgehead atoms. The molecule has 3 aliphatic rings. The standard InChI is InChI=1S/C15H24N4O6/c20-11(5-16-1-3-23-4-2-16)6-18-14(21)17(7-12-9-24-12)15(22)19(18)8-13-10-25-13/h11-13,20H,1-10H2. The maximum Gasteiger partial charge on any atom is 0.347 e. The van der Waals surface area contributed by atoms with E-state index in [2.05, 4.69) is 4.90 Å². The Morgan fingerprint density at radius 2 is 1.56 bits per heavy atom. The van der Waals surface area contributed by atoms with Crippen LogP contribution in [0.15, 0.2) is 9.59 Å². The fraction of sp³-hybridized carbons (Fsp3) is 0.867. The van der Waals surface area contributed by atoms with Gasteiger partial charge in [0.2, 0.25) is 0 Å². The number of nitrogens with zero attached hydrogens (tertiary/aromatic N) is 4. The first kappa shape index (κ1) is 17.0. The van der Waals surface area contributed by atoms with Crippen LogP contribution in [0, 0.1) is 0 Å². The highest BCUT2D eigenvalue weighted by atomic mass is 16.6. The first-order valence-corrected chi connectivity index (χ1v) is 8.73. The zero-order chi connectivity index (χ0) is 17.4. The number of aliphatic hydroxyl groups is 1. The second-order valence-electron chi connectivity index (χ2n) is 6.82. The molecule has 1 aromatic heterocycles. The summed E-state index contributed by atoms with van der Waals surface area (Å²) in [5, 5.41) is 10.4. The van der Waals surface area contributed by atoms with Gasteiger partial charge in [-0.3, -0.25) is 4.90 Å². The maximum absolute atomic E-state index is 12.7. The molecule has 0 saturated carbocycles. The number of morpholine rings is 1. The van der Waals surface area contributed by atoms with Gasteiger partial charge in [-0.25, -0.2) is 23.5 Å². The largest absolute Gasteiger partial charge is 0.390 e. The number of ether oxygens (including phenoxy) is 3. The van der Waals surface area contributed by atoms with Gasteiger partial charge in [-0.1, -0.05) is 0 Å². The zero-order valence-corrected chi connectivity index (χ0v) is 14.1. The van der Waals surface area contributed by atoms with E-state index in [1.165, 1.54) is 13.9 Å². The molecule has 4 rings (SSSR count). The number of β-amino-alcohol motifs (C(OH)–C–C–N with tert-alkyl or cyclic N) is 1. The third-order valence-corrected chi connectivity index (χ3v) is 4.72. The molecule has 0 amide bonds. The second-order valence-corrected chi connectivity index (χ2v) is 6.82. The number of rotatable bonds is 8. The Balaban J connectivity index is 1.51. The van der Waals surface area contributed by atoms with Crippen LogP contribution >= 0.6 is 0 Å². The highest BCUT2D eigenvalue weighted by molar-refractivity contribution is 4.83. The lowest BCUT2D eigenvalue weighted by atomic mass is 10.3. The van der Waals surface area contributed by atoms with Crippen LogP contribution in [0.1, 0.15) is 0 Å². The SMILES string of the molecule is O=c1n(CC2CO2)c(=O)n(CC2CO2)n1CC(O)CN1CCOCC1. The molecule has 0 aromatic carbocycles. The van der Waals surface area contributed by atoms with Crippen molar-refractivity contribution in [2.45, 2.75) is 37.9 Å². The Morgan fingerprint density at radius 1 is 0.960 bits per heavy atom. The summed E-state index contributed by atoms with van der Waals surface area (Å²) >= 11 is 0. The predicted molar refractivity (Wildman–Crippen MR) is 85.7 cm³/mol. The number of aliphatic hydroxyl groups excluding tert-OH is 1. The molecular formula is C15H24N4O6. The minimum absolute atomic E-state index is 0.0345. The summed E-state index contributed by atoms with van der Waals surface area (Å²) in [7, 11) is 0. The van der Waals surface area contributed by atoms with Gasteiger partial charge in [-0.15, -0.1) is 0 Å². The number of hydrogen-bond acceptors (Lipinski definition) is 7. The average molecular weight is 356 g/mol. The lowest BCUT2D eigenvalue weighted by Crippen LogP contribution is -2.43. The summed E-state index contributed by atoms with van der Waals surface area (Å²) < 4.78 is 19.6. The smallest absolute Gasteiger partial charge is 0.347 e. The summed E-state index contributed by atoms with van der Waals surface area (Å²) in [5.41, 5.74) is -0.767. The molecule has 3 atom stereocenters. The average Bonchev–Trinajstić information content (AvgIpc) is 3.50. The van der Waals surface area contributed by atoms with Gasteiger partial charge in [0.1, 0.15) is 6.10 Å². The van der Waals surface area contributed by atoms with Crippen molar-refractivity contribution in [2.24, 2.45) is 0 Å². The highest BCUT2D eigenvalue weighted by Crippen LogP contribution is 2.12. The van der Waals surface area contributed by atoms with Gasteiger partial charge >= 0.3 is 11.4 Å². The lowest BCUT2D eigenvalue weighted by molar-refractivity contribution is 0.00963. The Kier molecular flexibility index (Phi) is 4.78. The minimum atomic E-state index is -0.741. The van der Waals surface area contributed by atoms with Crippen LogP contribution < -0.4 is 11.4 Å². The Bertz CT molecular complexity index is 711. The molecule has 1 aromatic rings. The molecule has 140 valence electrons. The Labute approximate surface area is 144 Å². The van der Waals surface area contributed by atoms with Crippen molar-refractivity contribution in [2.75, 3.05) is 46.1 Å². The first-order valence-electron chi connectivity index (χ1n) is 8.73. The molecule has 4 heterocycles. The quantitative estimate of drug-likeness (QED) is 0.505. The van der Waals surface area contributed by atoms with Crippen molar-refractivity contribution in [1.29, 1.82) is 0 Å². The molecule has 3 unspecified atom stereocenters. The molecule has 25 heavy (non-hydrogen) atoms. The van der Waals surface area contributed by atoms with Gasteiger partial charge in [0.25, 0.3) is 0 Å². The molecule has 3 aliphatic heterocycles. The van der Waals surface area contributed by atoms with Crippen LogP contribution in [-0.4, -0.2) is 88.3 Å². The number of hydrogen-bond donors (Lipinski definition) is 1. The van der Waals surface area contributed by atoms with Crippen LogP contribution in [0.2, 0.25) is 0 Å². The summed E-state index contributed by atoms with van der Waals surface area (Å²) in [6.45, 7) is 5.09. The van der Waals surface area contributed by atoms with E-state index in [0.29, 0.717) is 39.5 Å². The van der Waals surface area contributed by atoms with Gasteiger partial charge in [0.05, 0.1) is 58.3 Å². The van der Waals surface area contributed by atoms with E-state index in [4.69, 9.17) is 14.2 Å². The minimum Gasteiger partial charge on any atom is -0.390 e. The zero-order valence-electron chi connectivity index (χ0n) is 14.1. The van der Waals surface area contributed by atoms with E-state index >= 15 is 0 Å². The van der Waals surface area contributed by atoms with Crippen molar-refractivity contribution >= 4 is 0 Å². The van der Waals surface area contributed by atoms with Crippen LogP contribution in [0.3, 0.4) is 0 Å². The van der Waals surface area contributed by atoms with Gasteiger partial charge < -0.3 is 19.3 Å². The fourth-order valence-corrected chi connectivity index (χ4v) is 3.16. The third-order valence-electron chi connectivity index (χ3n) is 4.72. The summed E-state index contributed by atoms with van der Waals surface area (Å²) in [4.78, 5) is 27.4. The normalized spacial score (nSPS) is 27.4. The van der Waals surface area contributed by atoms with Crippen molar-refractivity contribution in [3.8, 4) is 0 Å². The van der Waals surface area contributed by atoms with Crippen LogP contribution in [0.5, 0.6) is 0 Å². The topological polar surface area (TPSA) is 107 Å². The van der Waals surface area contributed by atoms with E-state index in [9.17, 15) is 14.7 Å². The van der Waals surface area contributed by atoms with Crippen LogP contribution in [-0.2, 0) is 33.8 Å². The van der Waals surface area contributed by atoms with Crippen molar-refractivity contribution in [1.82, 2.24) is 18.8 Å². The van der Waals surface area contributed by atoms with E-state index in [-0.39, 0.29) is 31.0 Å². The number of aromatic nitrogens is 3. The molecule has 10 nitrogen and oxygen atoms in total. The summed E-state index contributed by atoms with van der Waals surface area (Å²) in [6.07, 6.45) is -0.840. The lowest BCUT2D eigenvalue weighted by Gasteiger charge is -2.28. The maximum atomic E-state index is 12.7. The molecule has 0 aliphatic carbocycles. The Morgan fingerprint density at radius 3 is 2.20 bits per heavy atom. The van der Waals surface area contributed by atoms with Crippen LogP contribution in [0.4, 0.5) is 0 Å². The van der Waals surface area contributed by atoms with Gasteiger partial charge in [-0.2, -0.15) is 0 Å². The highest BCUT2D eigenvalue weighted by Gasteiger charge is 2.30. The first-order chi connectivity index (χ1) is 12.1. The van der Waals surface area contributed by atoms with Crippen LogP contribution in [0.25, 0.3) is 0 Å². The van der Waals surface area contributed by atoms with E-state index in [0.717, 1.165) is 13.1 Å². The fourth-order valence-electron chi connectivity index (χ4n) is 3.16. The molecule has 3 saturated heterocycles. The third kappa shape index (κ3) is 4.04. The second kappa shape index (κ2) is 7.04. The summed E-state index contributed by atoms with van der Waals surface area (Å²) in [5.74, 6) is 0. The number of epoxide rings is 2. The predicted octanol–water partition coefficient (Wildman–Crippen LogP) is -2.70. The molecule has 0 spiro atoms. The summed E-state index contributed by atoms with van der Waals surface area (Å²) in [6, 6.07) is 0. The van der Waals surface area contributed by atoms with Crippen molar-refractivity contribution < 1.29 is 19.3 Å². The van der Waals surface area contributed by atoms with Crippen molar-refractivity contribution in [3.05, 3.63) is 21.0 Å². The van der Waals surface area contributed by atoms with Crippen molar-refractivity contribution in [3.63, 3.8) is 0 Å². The van der Waals surface area contributed by atoms with E-state index < -0.39 is 11.8 Å². The van der Waals surface area contributed by atoms with E-state index in [1.807, 2.05) is 0 Å². The molecular weight excluding hydrogens is 332 g/mol. The van der Waals surface area contributed by atoms with Gasteiger partial charge in [0.15, 0.2) is 0 Å². The van der Waals surface area contributed by atoms with Gasteiger partial charge in [0, 0.05) is 19.6 Å². The Hall–Kier alpha value is -1.46. The van der Waals surface area contributed by atoms with E-state index in [1.54, 1.807) is 0 Å².